The maximum atomic E-state index is 12.6. The minimum absolute atomic E-state index is 0.0408. The number of hydrogen-bond acceptors (Lipinski definition) is 5. The number of methoxy groups -OCH3 is 1. The van der Waals surface area contributed by atoms with Crippen LogP contribution in [0.15, 0.2) is 67.0 Å². The summed E-state index contributed by atoms with van der Waals surface area (Å²) in [6.07, 6.45) is 9.24. The van der Waals surface area contributed by atoms with Gasteiger partial charge in [0, 0.05) is 63.9 Å². The van der Waals surface area contributed by atoms with Crippen molar-refractivity contribution in [1.29, 1.82) is 0 Å². The number of carbonyl (C=O) groups excluding carboxylic acids is 1. The molecule has 0 atom stereocenters. The van der Waals surface area contributed by atoms with E-state index in [-0.39, 0.29) is 12.0 Å². The molecule has 0 N–H and O–H groups in total. The average Bonchev–Trinajstić information content (AvgIpc) is 3.28. The van der Waals surface area contributed by atoms with E-state index in [1.54, 1.807) is 13.2 Å². The summed E-state index contributed by atoms with van der Waals surface area (Å²) < 4.78 is 13.2. The Kier molecular flexibility index (Phi) is 8.21. The molecular formula is C28H34N4O3. The first-order valence-electron chi connectivity index (χ1n) is 12.0. The molecule has 1 aliphatic heterocycles. The summed E-state index contributed by atoms with van der Waals surface area (Å²) in [4.78, 5) is 16.7. The van der Waals surface area contributed by atoms with Crippen molar-refractivity contribution in [1.82, 2.24) is 19.6 Å². The van der Waals surface area contributed by atoms with E-state index in [4.69, 9.17) is 9.47 Å². The molecule has 0 saturated carbocycles. The van der Waals surface area contributed by atoms with Crippen LogP contribution in [0.1, 0.15) is 29.5 Å². The van der Waals surface area contributed by atoms with Gasteiger partial charge in [-0.25, -0.2) is 0 Å². The van der Waals surface area contributed by atoms with Gasteiger partial charge in [-0.2, -0.15) is 5.10 Å². The molecule has 1 saturated heterocycles. The van der Waals surface area contributed by atoms with Gasteiger partial charge < -0.3 is 14.4 Å². The number of carbonyl (C=O) groups is 1. The fraction of sp³-hybridized carbons (Fsp3) is 0.357. The van der Waals surface area contributed by atoms with E-state index in [9.17, 15) is 4.79 Å². The van der Waals surface area contributed by atoms with Gasteiger partial charge in [-0.1, -0.05) is 24.3 Å². The molecular weight excluding hydrogens is 440 g/mol. The zero-order chi connectivity index (χ0) is 24.6. The lowest BCUT2D eigenvalue weighted by atomic mass is 10.1. The molecule has 3 aromatic rings. The highest BCUT2D eigenvalue weighted by Gasteiger charge is 2.22. The summed E-state index contributed by atoms with van der Waals surface area (Å²) >= 11 is 0. The Balaban J connectivity index is 1.20. The Morgan fingerprint density at radius 3 is 2.31 bits per heavy atom. The Hall–Kier alpha value is -3.58. The molecule has 0 spiro atoms. The van der Waals surface area contributed by atoms with Crippen LogP contribution in [0.5, 0.6) is 11.5 Å². The molecule has 0 unspecified atom stereocenters. The van der Waals surface area contributed by atoms with Gasteiger partial charge in [0.15, 0.2) is 0 Å². The third kappa shape index (κ3) is 7.20. The first-order valence-corrected chi connectivity index (χ1v) is 12.0. The van der Waals surface area contributed by atoms with Crippen LogP contribution < -0.4 is 9.47 Å². The van der Waals surface area contributed by atoms with Crippen LogP contribution in [-0.4, -0.2) is 58.8 Å². The zero-order valence-electron chi connectivity index (χ0n) is 20.8. The molecule has 184 valence electrons. The van der Waals surface area contributed by atoms with Crippen molar-refractivity contribution < 1.29 is 14.3 Å². The molecule has 1 amide bonds. The van der Waals surface area contributed by atoms with Gasteiger partial charge in [0.05, 0.1) is 13.3 Å². The van der Waals surface area contributed by atoms with Crippen LogP contribution >= 0.6 is 0 Å². The molecule has 0 bridgehead atoms. The normalized spacial score (nSPS) is 14.6. The highest BCUT2D eigenvalue weighted by atomic mass is 16.5. The van der Waals surface area contributed by atoms with Crippen molar-refractivity contribution in [3.8, 4) is 11.5 Å². The van der Waals surface area contributed by atoms with Gasteiger partial charge in [0.2, 0.25) is 5.91 Å². The van der Waals surface area contributed by atoms with Gasteiger partial charge in [-0.3, -0.25) is 14.4 Å². The van der Waals surface area contributed by atoms with E-state index in [0.717, 1.165) is 43.0 Å². The minimum Gasteiger partial charge on any atom is -0.497 e. The Morgan fingerprint density at radius 1 is 1.03 bits per heavy atom. The smallest absolute Gasteiger partial charge is 0.246 e. The van der Waals surface area contributed by atoms with E-state index < -0.39 is 0 Å². The predicted molar refractivity (Wildman–Crippen MR) is 137 cm³/mol. The second kappa shape index (κ2) is 11.7. The van der Waals surface area contributed by atoms with E-state index in [0.29, 0.717) is 13.1 Å². The third-order valence-electron chi connectivity index (χ3n) is 6.18. The Morgan fingerprint density at radius 2 is 1.69 bits per heavy atom. The first kappa shape index (κ1) is 24.5. The predicted octanol–water partition coefficient (Wildman–Crippen LogP) is 4.14. The molecule has 7 heteroatoms. The van der Waals surface area contributed by atoms with Crippen molar-refractivity contribution in [3.63, 3.8) is 0 Å². The monoisotopic (exact) mass is 474 g/mol. The number of likely N-dealkylation sites (tertiary alicyclic amines) is 1. The average molecular weight is 475 g/mol. The SMILES string of the molecule is COc1ccc(/C=C/C(=O)N2CCC(Oc3ccc(CN(C)Cc4cnn(C)c4)cc3)CC2)cc1. The van der Waals surface area contributed by atoms with E-state index in [1.807, 2.05) is 71.5 Å². The number of rotatable bonds is 9. The van der Waals surface area contributed by atoms with Gasteiger partial charge in [-0.15, -0.1) is 0 Å². The van der Waals surface area contributed by atoms with Crippen molar-refractivity contribution in [2.75, 3.05) is 27.2 Å². The largest absolute Gasteiger partial charge is 0.497 e. The van der Waals surface area contributed by atoms with Crippen LogP contribution in [0, 0.1) is 0 Å². The molecule has 4 rings (SSSR count). The van der Waals surface area contributed by atoms with Crippen LogP contribution in [0.2, 0.25) is 0 Å². The number of nitrogens with zero attached hydrogens (tertiary/aromatic N) is 4. The third-order valence-corrected chi connectivity index (χ3v) is 6.18. The standard InChI is InChI=1S/C28H34N4O3/c1-30(20-24-18-29-31(2)21-24)19-23-6-11-26(12-7-23)35-27-14-16-32(17-15-27)28(33)13-8-22-4-9-25(34-3)10-5-22/h4-13,18,21,27H,14-17,19-20H2,1-3H3/b13-8+. The fourth-order valence-corrected chi connectivity index (χ4v) is 4.28. The number of ether oxygens (including phenoxy) is 2. The molecule has 7 nitrogen and oxygen atoms in total. The van der Waals surface area contributed by atoms with Crippen LogP contribution in [0.3, 0.4) is 0 Å². The zero-order valence-corrected chi connectivity index (χ0v) is 20.8. The number of hydrogen-bond donors (Lipinski definition) is 0. The summed E-state index contributed by atoms with van der Waals surface area (Å²) in [5.41, 5.74) is 3.42. The van der Waals surface area contributed by atoms with Crippen LogP contribution in [-0.2, 0) is 24.9 Å². The van der Waals surface area contributed by atoms with Crippen molar-refractivity contribution in [3.05, 3.63) is 83.7 Å². The number of piperidine rings is 1. The molecule has 0 aliphatic carbocycles. The lowest BCUT2D eigenvalue weighted by molar-refractivity contribution is -0.127. The quantitative estimate of drug-likeness (QED) is 0.436. The van der Waals surface area contributed by atoms with Gasteiger partial charge in [0.1, 0.15) is 17.6 Å². The van der Waals surface area contributed by atoms with Gasteiger partial charge in [-0.05, 0) is 48.5 Å². The molecule has 1 aromatic heterocycles. The van der Waals surface area contributed by atoms with Gasteiger partial charge in [0.25, 0.3) is 0 Å². The highest BCUT2D eigenvalue weighted by molar-refractivity contribution is 5.91. The summed E-state index contributed by atoms with van der Waals surface area (Å²) in [5, 5.41) is 4.23. The fourth-order valence-electron chi connectivity index (χ4n) is 4.28. The number of aryl methyl sites for hydroxylation is 1. The van der Waals surface area contributed by atoms with E-state index >= 15 is 0 Å². The maximum Gasteiger partial charge on any atom is 0.246 e. The summed E-state index contributed by atoms with van der Waals surface area (Å²) in [5.74, 6) is 1.73. The molecule has 1 aliphatic rings. The lowest BCUT2D eigenvalue weighted by Crippen LogP contribution is -2.41. The highest BCUT2D eigenvalue weighted by Crippen LogP contribution is 2.21. The number of amides is 1. The van der Waals surface area contributed by atoms with Crippen LogP contribution in [0.4, 0.5) is 0 Å². The molecule has 2 aromatic carbocycles. The number of aromatic nitrogens is 2. The topological polar surface area (TPSA) is 59.8 Å². The summed E-state index contributed by atoms with van der Waals surface area (Å²) in [6.45, 7) is 3.12. The minimum atomic E-state index is 0.0408. The molecule has 2 heterocycles. The first-order chi connectivity index (χ1) is 17.0. The van der Waals surface area contributed by atoms with Crippen LogP contribution in [0.25, 0.3) is 6.08 Å². The molecule has 1 fully saturated rings. The van der Waals surface area contributed by atoms with E-state index in [1.165, 1.54) is 11.1 Å². The van der Waals surface area contributed by atoms with Gasteiger partial charge >= 0.3 is 0 Å². The van der Waals surface area contributed by atoms with Crippen molar-refractivity contribution in [2.24, 2.45) is 7.05 Å². The molecule has 35 heavy (non-hydrogen) atoms. The van der Waals surface area contributed by atoms with Crippen molar-refractivity contribution >= 4 is 12.0 Å². The number of benzene rings is 2. The summed E-state index contributed by atoms with van der Waals surface area (Å²) in [7, 11) is 5.69. The van der Waals surface area contributed by atoms with E-state index in [2.05, 4.69) is 29.2 Å². The van der Waals surface area contributed by atoms with Crippen molar-refractivity contribution in [2.45, 2.75) is 32.0 Å². The maximum absolute atomic E-state index is 12.6. The molecule has 0 radical (unpaired) electrons. The lowest BCUT2D eigenvalue weighted by Gasteiger charge is -2.31. The Bertz CT molecular complexity index is 1110. The summed E-state index contributed by atoms with van der Waals surface area (Å²) in [6, 6.07) is 16.0. The second-order valence-electron chi connectivity index (χ2n) is 9.09. The second-order valence-corrected chi connectivity index (χ2v) is 9.09. The Labute approximate surface area is 207 Å².